The van der Waals surface area contributed by atoms with Crippen molar-refractivity contribution in [2.75, 3.05) is 30.8 Å². The highest BCUT2D eigenvalue weighted by molar-refractivity contribution is 7.88. The Morgan fingerprint density at radius 2 is 2.05 bits per heavy atom. The first-order chi connectivity index (χ1) is 18.8. The number of pyridine rings is 1. The molecular weight excluding hydrogens is 517 g/mol. The summed E-state index contributed by atoms with van der Waals surface area (Å²) in [6.45, 7) is 4.56. The number of hydrogen-bond acceptors (Lipinski definition) is 6. The van der Waals surface area contributed by atoms with Gasteiger partial charge < -0.3 is 19.3 Å². The van der Waals surface area contributed by atoms with E-state index in [-0.39, 0.29) is 30.2 Å². The number of halogens is 1. The molecule has 0 radical (unpaired) electrons. The van der Waals surface area contributed by atoms with Gasteiger partial charge in [-0.3, -0.25) is 4.79 Å². The van der Waals surface area contributed by atoms with Crippen molar-refractivity contribution in [1.29, 1.82) is 0 Å². The van der Waals surface area contributed by atoms with Crippen LogP contribution < -0.4 is 14.4 Å². The number of anilines is 1. The quantitative estimate of drug-likeness (QED) is 0.384. The van der Waals surface area contributed by atoms with Crippen molar-refractivity contribution < 1.29 is 23.6 Å². The molecule has 4 aliphatic carbocycles. The molecule has 39 heavy (non-hydrogen) atoms. The Kier molecular flexibility index (Phi) is 5.70. The van der Waals surface area contributed by atoms with E-state index in [9.17, 15) is 18.8 Å². The first-order valence-corrected chi connectivity index (χ1v) is 14.9. The summed E-state index contributed by atoms with van der Waals surface area (Å²) in [5, 5.41) is 9.62. The molecule has 5 aliphatic rings. The Bertz CT molecular complexity index is 1500. The molecular formula is C30H30FN3O4S. The monoisotopic (exact) mass is 547 g/mol. The average molecular weight is 548 g/mol. The van der Waals surface area contributed by atoms with Crippen molar-refractivity contribution in [3.63, 3.8) is 0 Å². The SMILES string of the molecule is Cc1nc(N2CCC(CN[S+](C)[O-])C2)ccc1-c1ccc(F)c(COc2ccc3c(c2)C2C4C3C24C(=O)O)c1. The minimum Gasteiger partial charge on any atom is -0.598 e. The molecule has 2 saturated carbocycles. The molecule has 1 aliphatic heterocycles. The average Bonchev–Trinajstić information content (AvgIpc) is 3.55. The number of ether oxygens (including phenoxy) is 1. The van der Waals surface area contributed by atoms with Crippen LogP contribution in [-0.2, 0) is 22.8 Å². The number of nitrogens with one attached hydrogen (secondary N) is 1. The van der Waals surface area contributed by atoms with Gasteiger partial charge in [-0.15, -0.1) is 4.72 Å². The summed E-state index contributed by atoms with van der Waals surface area (Å²) in [6.07, 6.45) is 2.68. The first-order valence-electron chi connectivity index (χ1n) is 13.4. The number of carboxylic acids is 1. The third-order valence-corrected chi connectivity index (χ3v) is 9.76. The third kappa shape index (κ3) is 3.85. The smallest absolute Gasteiger partial charge is 0.311 e. The Morgan fingerprint density at radius 1 is 1.23 bits per heavy atom. The van der Waals surface area contributed by atoms with Crippen molar-refractivity contribution >= 4 is 23.1 Å². The van der Waals surface area contributed by atoms with Crippen LogP contribution in [0.3, 0.4) is 0 Å². The Morgan fingerprint density at radius 3 is 2.79 bits per heavy atom. The molecule has 1 aromatic heterocycles. The lowest BCUT2D eigenvalue weighted by molar-refractivity contribution is -0.141. The van der Waals surface area contributed by atoms with Gasteiger partial charge in [-0.1, -0.05) is 12.1 Å². The van der Waals surface area contributed by atoms with Crippen molar-refractivity contribution in [1.82, 2.24) is 9.71 Å². The van der Waals surface area contributed by atoms with E-state index in [4.69, 9.17) is 9.72 Å². The number of rotatable bonds is 9. The number of benzene rings is 2. The molecule has 2 N–H and O–H groups in total. The van der Waals surface area contributed by atoms with Crippen LogP contribution in [0.5, 0.6) is 5.75 Å². The fourth-order valence-corrected chi connectivity index (χ4v) is 7.60. The molecule has 8 rings (SSSR count). The standard InChI is InChI=1S/C30H30FN3O4S/c1-16-21(6-8-25(33-16)34-10-9-17(14-34)13-32-39(2)37)18-3-7-24(31)19(11-18)15-38-20-4-5-22-23(12-20)27-28-26(22)30(27,28)29(35)36/h3-8,11-12,17,26-28,32H,9-10,13-15H2,1-2H3,(H,35,36). The van der Waals surface area contributed by atoms with Crippen LogP contribution in [0.2, 0.25) is 0 Å². The Balaban J connectivity index is 1.03. The van der Waals surface area contributed by atoms with Gasteiger partial charge in [0.15, 0.2) is 0 Å². The largest absolute Gasteiger partial charge is 0.598 e. The second-order valence-electron chi connectivity index (χ2n) is 11.3. The Hall–Kier alpha value is -3.14. The minimum absolute atomic E-state index is 0.0797. The van der Waals surface area contributed by atoms with Gasteiger partial charge in [0.25, 0.3) is 0 Å². The van der Waals surface area contributed by atoms with Crippen LogP contribution in [0.4, 0.5) is 10.2 Å². The van der Waals surface area contributed by atoms with Crippen molar-refractivity contribution in [3.05, 3.63) is 76.7 Å². The zero-order valence-electron chi connectivity index (χ0n) is 21.8. The number of aryl methyl sites for hydroxylation is 1. The second kappa shape index (κ2) is 8.94. The highest BCUT2D eigenvalue weighted by atomic mass is 32.2. The lowest BCUT2D eigenvalue weighted by Gasteiger charge is -2.19. The van der Waals surface area contributed by atoms with Gasteiger partial charge in [-0.25, -0.2) is 9.37 Å². The molecule has 0 spiro atoms. The number of nitrogens with zero attached hydrogens (tertiary/aromatic N) is 2. The zero-order chi connectivity index (χ0) is 27.1. The van der Waals surface area contributed by atoms with Crippen LogP contribution >= 0.6 is 0 Å². The summed E-state index contributed by atoms with van der Waals surface area (Å²) >= 11 is -1.00. The second-order valence-corrected chi connectivity index (χ2v) is 12.5. The predicted octanol–water partition coefficient (Wildman–Crippen LogP) is 4.38. The molecule has 2 heterocycles. The molecule has 2 aromatic carbocycles. The lowest BCUT2D eigenvalue weighted by Crippen LogP contribution is -2.30. The lowest BCUT2D eigenvalue weighted by atomic mass is 10.0. The normalized spacial score (nSPS) is 28.2. The van der Waals surface area contributed by atoms with E-state index < -0.39 is 22.7 Å². The van der Waals surface area contributed by atoms with Crippen molar-refractivity contribution in [3.8, 4) is 16.9 Å². The fraction of sp³-hybridized carbons (Fsp3) is 0.400. The molecule has 3 aromatic rings. The fourth-order valence-electron chi connectivity index (χ4n) is 7.13. The molecule has 0 amide bonds. The number of carbonyl (C=O) groups is 1. The van der Waals surface area contributed by atoms with Gasteiger partial charge >= 0.3 is 5.97 Å². The molecule has 7 nitrogen and oxygen atoms in total. The van der Waals surface area contributed by atoms with E-state index in [0.717, 1.165) is 59.8 Å². The first kappa shape index (κ1) is 24.9. The molecule has 2 bridgehead atoms. The Labute approximate surface area is 229 Å². The summed E-state index contributed by atoms with van der Waals surface area (Å²) in [4.78, 5) is 18.8. The third-order valence-electron chi connectivity index (χ3n) is 9.19. The molecule has 202 valence electrons. The number of carboxylic acid groups (broad SMARTS) is 1. The van der Waals surface area contributed by atoms with E-state index in [2.05, 4.69) is 9.62 Å². The van der Waals surface area contributed by atoms with E-state index in [1.165, 1.54) is 6.07 Å². The molecule has 6 atom stereocenters. The van der Waals surface area contributed by atoms with Crippen LogP contribution in [0.25, 0.3) is 11.1 Å². The van der Waals surface area contributed by atoms with Crippen molar-refractivity contribution in [2.45, 2.75) is 31.8 Å². The van der Waals surface area contributed by atoms with E-state index in [0.29, 0.717) is 17.2 Å². The number of hydrogen-bond donors (Lipinski definition) is 2. The van der Waals surface area contributed by atoms with Crippen LogP contribution in [-0.4, -0.2) is 46.5 Å². The van der Waals surface area contributed by atoms with Crippen LogP contribution in [0, 0.1) is 30.0 Å². The van der Waals surface area contributed by atoms with Crippen molar-refractivity contribution in [2.24, 2.45) is 17.3 Å². The van der Waals surface area contributed by atoms with Gasteiger partial charge in [-0.05, 0) is 78.3 Å². The maximum atomic E-state index is 14.7. The van der Waals surface area contributed by atoms with E-state index in [1.807, 2.05) is 43.3 Å². The van der Waals surface area contributed by atoms with Gasteiger partial charge in [0.1, 0.15) is 30.2 Å². The topological polar surface area (TPSA) is 97.8 Å². The highest BCUT2D eigenvalue weighted by Gasteiger charge is 2.95. The van der Waals surface area contributed by atoms with Gasteiger partial charge in [0.05, 0.1) is 5.41 Å². The van der Waals surface area contributed by atoms with Crippen LogP contribution in [0.1, 0.15) is 40.6 Å². The summed E-state index contributed by atoms with van der Waals surface area (Å²) in [6, 6.07) is 14.9. The van der Waals surface area contributed by atoms with Gasteiger partial charge in [0, 0.05) is 59.7 Å². The zero-order valence-corrected chi connectivity index (χ0v) is 22.6. The molecule has 3 fully saturated rings. The predicted molar refractivity (Wildman–Crippen MR) is 147 cm³/mol. The van der Waals surface area contributed by atoms with Crippen LogP contribution in [0.15, 0.2) is 48.5 Å². The highest BCUT2D eigenvalue weighted by Crippen LogP contribution is 2.96. The summed E-state index contributed by atoms with van der Waals surface area (Å²) < 4.78 is 35.1. The number of aromatic nitrogens is 1. The maximum Gasteiger partial charge on any atom is 0.311 e. The van der Waals surface area contributed by atoms with Gasteiger partial charge in [-0.2, -0.15) is 0 Å². The molecule has 6 unspecified atom stereocenters. The van der Waals surface area contributed by atoms with Gasteiger partial charge in [0.2, 0.25) is 0 Å². The molecule has 9 heteroatoms. The minimum atomic E-state index is -1.00. The summed E-state index contributed by atoms with van der Waals surface area (Å²) in [5.41, 5.74) is 4.82. The summed E-state index contributed by atoms with van der Waals surface area (Å²) in [5.74, 6) is 1.51. The van der Waals surface area contributed by atoms with E-state index >= 15 is 0 Å². The number of aliphatic carboxylic acids is 1. The maximum absolute atomic E-state index is 14.7. The van der Waals surface area contributed by atoms with E-state index in [1.54, 1.807) is 12.3 Å². The molecule has 1 saturated heterocycles. The summed E-state index contributed by atoms with van der Waals surface area (Å²) in [7, 11) is 0.